The number of nitrogens with zero attached hydrogens (tertiary/aromatic N) is 6. The molecule has 22 heteroatoms. The van der Waals surface area contributed by atoms with Gasteiger partial charge in [-0.2, -0.15) is 26.3 Å². The fraction of sp³-hybridized carbons (Fsp3) is 0.409. The van der Waals surface area contributed by atoms with Crippen LogP contribution in [0.5, 0.6) is 11.5 Å². The number of alkyl halides is 6. The molecule has 6 rings (SSSR count). The summed E-state index contributed by atoms with van der Waals surface area (Å²) in [5.74, 6) is 0.794. The van der Waals surface area contributed by atoms with Gasteiger partial charge in [0.2, 0.25) is 0 Å². The maximum atomic E-state index is 13.1. The zero-order valence-electron chi connectivity index (χ0n) is 36.5. The van der Waals surface area contributed by atoms with Gasteiger partial charge >= 0.3 is 53.8 Å². The predicted octanol–water partition coefficient (Wildman–Crippen LogP) is 7.15. The molecule has 0 amide bonds. The molecule has 66 heavy (non-hydrogen) atoms. The Hall–Kier alpha value is -5.64. The van der Waals surface area contributed by atoms with Crippen LogP contribution in [-0.4, -0.2) is 90.3 Å². The number of hydrogen-bond donors (Lipinski definition) is 1. The van der Waals surface area contributed by atoms with E-state index in [1.165, 1.54) is 49.8 Å². The van der Waals surface area contributed by atoms with Gasteiger partial charge in [-0.15, -0.1) is 0 Å². The smallest absolute Gasteiger partial charge is 0.870 e. The van der Waals surface area contributed by atoms with Crippen LogP contribution in [0, 0.1) is 0 Å². The van der Waals surface area contributed by atoms with Gasteiger partial charge in [-0.1, -0.05) is 44.4 Å². The quantitative estimate of drug-likeness (QED) is 0.0395. The molecule has 2 aromatic carbocycles. The van der Waals surface area contributed by atoms with E-state index in [-0.39, 0.29) is 70.0 Å². The Morgan fingerprint density at radius 3 is 1.42 bits per heavy atom. The molecule has 15 nitrogen and oxygen atoms in total. The first-order valence-corrected chi connectivity index (χ1v) is 19.9. The minimum atomic E-state index is -4.58. The third-order valence-corrected chi connectivity index (χ3v) is 9.68. The first kappa shape index (κ1) is 56.5. The molecular formula is C44H51F6N6NaO9. The summed E-state index contributed by atoms with van der Waals surface area (Å²) < 4.78 is 105. The largest absolute Gasteiger partial charge is 1.00 e. The summed E-state index contributed by atoms with van der Waals surface area (Å²) in [7, 11) is 5.00. The third kappa shape index (κ3) is 14.2. The molecule has 0 spiro atoms. The molecule has 0 saturated heterocycles. The van der Waals surface area contributed by atoms with Crippen molar-refractivity contribution in [2.24, 2.45) is 0 Å². The third-order valence-electron chi connectivity index (χ3n) is 9.68. The maximum Gasteiger partial charge on any atom is 1.00 e. The standard InChI is InChI=1S/C22H24F3N3O4.C21H22F3N3O4.CH4.Na.H2O/c1-4-6-15-17(9-8-16-19(15)32-27-20(16)22(23,24)25)31-12-5-11-28(2)18-10-7-14(13-26-18)21(29)30-3;1-3-5-14-16(8-7-15-18(14)31-26-19(15)21(22,23)24)30-11-4-10-27(2)17-9-6-13(12-25-17)20(28)29;;;/h7-10,13H,4-6,11-12H2,1-3H3;6-9,12H,3-5,10-11H2,1-2H3,(H,28,29);1H4;;1H2/q;;;+1;/p-1. The van der Waals surface area contributed by atoms with Crippen molar-refractivity contribution in [1.82, 2.24) is 20.3 Å². The Balaban J connectivity index is 0.000000434. The van der Waals surface area contributed by atoms with Crippen molar-refractivity contribution in [3.05, 3.63) is 94.6 Å². The summed E-state index contributed by atoms with van der Waals surface area (Å²) in [6.45, 7) is 5.74. The van der Waals surface area contributed by atoms with Crippen molar-refractivity contribution in [2.45, 2.75) is 72.2 Å². The second kappa shape index (κ2) is 25.3. The molecular weight excluding hydrogens is 893 g/mol. The molecule has 0 bridgehead atoms. The number of aromatic nitrogens is 4. The number of carboxylic acids is 1. The van der Waals surface area contributed by atoms with Gasteiger partial charge in [-0.3, -0.25) is 0 Å². The molecule has 0 fully saturated rings. The summed E-state index contributed by atoms with van der Waals surface area (Å²) in [5, 5.41) is 15.2. The number of aromatic carboxylic acids is 1. The van der Waals surface area contributed by atoms with Gasteiger partial charge in [0, 0.05) is 50.7 Å². The van der Waals surface area contributed by atoms with E-state index in [2.05, 4.69) is 25.0 Å². The van der Waals surface area contributed by atoms with E-state index in [1.807, 2.05) is 37.7 Å². The first-order valence-electron chi connectivity index (χ1n) is 19.9. The van der Waals surface area contributed by atoms with Crippen molar-refractivity contribution in [1.29, 1.82) is 0 Å². The van der Waals surface area contributed by atoms with Crippen LogP contribution in [-0.2, 0) is 29.9 Å². The summed E-state index contributed by atoms with van der Waals surface area (Å²) in [4.78, 5) is 34.5. The molecule has 0 aliphatic rings. The number of methoxy groups -OCH3 is 1. The van der Waals surface area contributed by atoms with Crippen LogP contribution in [0.1, 0.15) is 90.2 Å². The molecule has 0 atom stereocenters. The SMILES string of the molecule is C.CCCc1c(OCCCN(C)c2ccc(C(=O)O)cn2)ccc2c(C(F)(F)F)noc12.CCCc1c(OCCCN(C)c2ccc(C(=O)OC)cn2)ccc2c(C(F)(F)F)noc12.[Na+].[OH-]. The molecule has 354 valence electrons. The van der Waals surface area contributed by atoms with Crippen LogP contribution in [0.2, 0.25) is 0 Å². The second-order valence-corrected chi connectivity index (χ2v) is 14.2. The number of aryl methyl sites for hydroxylation is 2. The number of rotatable bonds is 18. The van der Waals surface area contributed by atoms with E-state index in [0.717, 1.165) is 0 Å². The fourth-order valence-corrected chi connectivity index (χ4v) is 6.52. The Bertz CT molecular complexity index is 2470. The van der Waals surface area contributed by atoms with Gasteiger partial charge in [0.05, 0.1) is 42.2 Å². The Labute approximate surface area is 399 Å². The van der Waals surface area contributed by atoms with Crippen molar-refractivity contribution in [3.8, 4) is 11.5 Å². The normalized spacial score (nSPS) is 11.1. The number of esters is 1. The molecule has 4 heterocycles. The van der Waals surface area contributed by atoms with Gasteiger partial charge in [0.1, 0.15) is 23.1 Å². The molecule has 0 aliphatic heterocycles. The fourth-order valence-electron chi connectivity index (χ4n) is 6.52. The molecule has 0 aliphatic carbocycles. The van der Waals surface area contributed by atoms with Crippen LogP contribution >= 0.6 is 0 Å². The van der Waals surface area contributed by atoms with Gasteiger partial charge in [-0.05, 0) is 74.2 Å². The summed E-state index contributed by atoms with van der Waals surface area (Å²) >= 11 is 0. The average molecular weight is 945 g/mol. The molecule has 0 radical (unpaired) electrons. The van der Waals surface area contributed by atoms with Gasteiger partial charge in [-0.25, -0.2) is 19.6 Å². The van der Waals surface area contributed by atoms with Gasteiger partial charge < -0.3 is 43.6 Å². The van der Waals surface area contributed by atoms with Crippen molar-refractivity contribution in [2.75, 3.05) is 57.3 Å². The first-order chi connectivity index (χ1) is 30.0. The van der Waals surface area contributed by atoms with Crippen LogP contribution in [0.4, 0.5) is 38.0 Å². The van der Waals surface area contributed by atoms with Crippen LogP contribution < -0.4 is 48.8 Å². The number of hydrogen-bond acceptors (Lipinski definition) is 14. The minimum Gasteiger partial charge on any atom is -0.870 e. The maximum absolute atomic E-state index is 13.1. The monoisotopic (exact) mass is 944 g/mol. The minimum absolute atomic E-state index is 0. The van der Waals surface area contributed by atoms with E-state index in [9.17, 15) is 35.9 Å². The molecule has 2 N–H and O–H groups in total. The summed E-state index contributed by atoms with van der Waals surface area (Å²) in [6, 6.07) is 12.2. The number of carbonyl (C=O) groups is 2. The van der Waals surface area contributed by atoms with E-state index in [1.54, 1.807) is 18.2 Å². The molecule has 0 unspecified atom stereocenters. The van der Waals surface area contributed by atoms with Crippen molar-refractivity contribution >= 4 is 45.5 Å². The molecule has 0 saturated carbocycles. The summed E-state index contributed by atoms with van der Waals surface area (Å²) in [5.41, 5.74) is -0.203. The number of ether oxygens (including phenoxy) is 3. The zero-order chi connectivity index (χ0) is 45.9. The van der Waals surface area contributed by atoms with E-state index < -0.39 is 35.7 Å². The number of carboxylic acid groups (broad SMARTS) is 1. The van der Waals surface area contributed by atoms with Crippen LogP contribution in [0.15, 0.2) is 70.0 Å². The van der Waals surface area contributed by atoms with Crippen molar-refractivity contribution < 1.29 is 99.3 Å². The van der Waals surface area contributed by atoms with Crippen LogP contribution in [0.25, 0.3) is 21.9 Å². The number of halogens is 6. The van der Waals surface area contributed by atoms with E-state index in [0.29, 0.717) is 105 Å². The Kier molecular flexibility index (Phi) is 21.7. The average Bonchev–Trinajstić information content (AvgIpc) is 3.91. The Morgan fingerprint density at radius 2 is 1.09 bits per heavy atom. The molecule has 4 aromatic heterocycles. The van der Waals surface area contributed by atoms with Crippen molar-refractivity contribution in [3.63, 3.8) is 0 Å². The number of anilines is 2. The second-order valence-electron chi connectivity index (χ2n) is 14.2. The van der Waals surface area contributed by atoms with E-state index >= 15 is 0 Å². The molecule has 6 aromatic rings. The number of benzene rings is 2. The topological polar surface area (TPSA) is 196 Å². The van der Waals surface area contributed by atoms with E-state index in [4.69, 9.17) is 23.6 Å². The summed E-state index contributed by atoms with van der Waals surface area (Å²) in [6.07, 6.45) is -2.72. The zero-order valence-corrected chi connectivity index (χ0v) is 38.5. The Morgan fingerprint density at radius 1 is 0.682 bits per heavy atom. The van der Waals surface area contributed by atoms with Gasteiger partial charge in [0.25, 0.3) is 0 Å². The predicted molar refractivity (Wildman–Crippen MR) is 228 cm³/mol. The number of fused-ring (bicyclic) bond motifs is 2. The number of carbonyl (C=O) groups excluding carboxylic acids is 1. The van der Waals surface area contributed by atoms with Crippen LogP contribution in [0.3, 0.4) is 0 Å². The van der Waals surface area contributed by atoms with Gasteiger partial charge in [0.15, 0.2) is 22.6 Å². The number of pyridine rings is 2.